The normalized spacial score (nSPS) is 14.6. The first kappa shape index (κ1) is 16.5. The third kappa shape index (κ3) is 3.88. The van der Waals surface area contributed by atoms with Crippen molar-refractivity contribution in [2.24, 2.45) is 0 Å². The largest absolute Gasteiger partial charge is 0.479 e. The summed E-state index contributed by atoms with van der Waals surface area (Å²) in [6, 6.07) is 6.18. The molecule has 0 saturated heterocycles. The van der Waals surface area contributed by atoms with E-state index < -0.39 is 27.8 Å². The van der Waals surface area contributed by atoms with Gasteiger partial charge in [0.15, 0.2) is 5.76 Å². The predicted molar refractivity (Wildman–Crippen MR) is 74.8 cm³/mol. The Labute approximate surface area is 127 Å². The zero-order valence-electron chi connectivity index (χ0n) is 11.9. The van der Waals surface area contributed by atoms with Crippen molar-refractivity contribution in [1.29, 1.82) is 0 Å². The van der Waals surface area contributed by atoms with Gasteiger partial charge >= 0.3 is 6.18 Å². The van der Waals surface area contributed by atoms with Crippen LogP contribution >= 0.6 is 0 Å². The second-order valence-electron chi connectivity index (χ2n) is 4.62. The fraction of sp³-hybridized carbons (Fsp3) is 0.357. The summed E-state index contributed by atoms with van der Waals surface area (Å²) in [4.78, 5) is 0. The molecule has 0 fully saturated rings. The molecule has 1 aromatic carbocycles. The lowest BCUT2D eigenvalue weighted by Crippen LogP contribution is -2.07. The number of methoxy groups -OCH3 is 1. The number of rotatable bonds is 5. The summed E-state index contributed by atoms with van der Waals surface area (Å²) in [7, 11) is 0.0803. The summed E-state index contributed by atoms with van der Waals surface area (Å²) < 4.78 is 59.6. The van der Waals surface area contributed by atoms with Crippen LogP contribution in [0.3, 0.4) is 0 Å². The Balaban J connectivity index is 2.06. The lowest BCUT2D eigenvalue weighted by molar-refractivity contribution is -0.137. The molecule has 0 aliphatic heterocycles. The van der Waals surface area contributed by atoms with Gasteiger partial charge in [0.05, 0.1) is 23.7 Å². The van der Waals surface area contributed by atoms with Crippen molar-refractivity contribution >= 4 is 10.8 Å². The Morgan fingerprint density at radius 1 is 1.32 bits per heavy atom. The summed E-state index contributed by atoms with van der Waals surface area (Å²) in [6.45, 7) is 1.69. The van der Waals surface area contributed by atoms with Crippen LogP contribution in [0.2, 0.25) is 0 Å². The van der Waals surface area contributed by atoms with Crippen LogP contribution in [0, 0.1) is 0 Å². The van der Waals surface area contributed by atoms with Gasteiger partial charge in [0, 0.05) is 16.9 Å². The smallest absolute Gasteiger partial charge is 0.416 e. The average molecular weight is 333 g/mol. The van der Waals surface area contributed by atoms with Gasteiger partial charge in [-0.15, -0.1) is 0 Å². The van der Waals surface area contributed by atoms with Gasteiger partial charge in [0.2, 0.25) is 0 Å². The fourth-order valence-electron chi connectivity index (χ4n) is 1.82. The molecule has 0 N–H and O–H groups in total. The van der Waals surface area contributed by atoms with Crippen molar-refractivity contribution < 1.29 is 26.6 Å². The molecule has 0 amide bonds. The zero-order chi connectivity index (χ0) is 16.3. The minimum absolute atomic E-state index is 0.110. The number of nitrogens with zero attached hydrogens (tertiary/aromatic N) is 1. The van der Waals surface area contributed by atoms with Gasteiger partial charge in [-0.1, -0.05) is 12.1 Å². The van der Waals surface area contributed by atoms with Crippen molar-refractivity contribution in [3.8, 4) is 5.88 Å². The highest BCUT2D eigenvalue weighted by Crippen LogP contribution is 2.31. The molecule has 22 heavy (non-hydrogen) atoms. The maximum absolute atomic E-state index is 12.5. The second kappa shape index (κ2) is 6.51. The molecule has 2 unspecified atom stereocenters. The summed E-state index contributed by atoms with van der Waals surface area (Å²) >= 11 is 0. The molecule has 2 rings (SSSR count). The van der Waals surface area contributed by atoms with E-state index in [1.165, 1.54) is 25.3 Å². The predicted octanol–water partition coefficient (Wildman–Crippen LogP) is 3.71. The van der Waals surface area contributed by atoms with E-state index in [0.29, 0.717) is 11.3 Å². The van der Waals surface area contributed by atoms with Crippen molar-refractivity contribution in [2.75, 3.05) is 7.11 Å². The Bertz CT molecular complexity index is 652. The van der Waals surface area contributed by atoms with E-state index in [1.54, 1.807) is 6.92 Å². The van der Waals surface area contributed by atoms with E-state index >= 15 is 0 Å². The van der Waals surface area contributed by atoms with Gasteiger partial charge < -0.3 is 9.26 Å². The summed E-state index contributed by atoms with van der Waals surface area (Å²) in [5.41, 5.74) is -0.160. The molecule has 4 nitrogen and oxygen atoms in total. The van der Waals surface area contributed by atoms with Crippen LogP contribution in [-0.2, 0) is 22.7 Å². The van der Waals surface area contributed by atoms with Crippen LogP contribution in [-0.4, -0.2) is 16.5 Å². The van der Waals surface area contributed by atoms with E-state index in [-0.39, 0.29) is 11.6 Å². The molecular formula is C14H14F3NO3S. The molecule has 2 atom stereocenters. The highest BCUT2D eigenvalue weighted by molar-refractivity contribution is 7.84. The van der Waals surface area contributed by atoms with Gasteiger partial charge in [-0.05, 0) is 29.8 Å². The molecule has 2 aromatic rings. The molecule has 1 aromatic heterocycles. The van der Waals surface area contributed by atoms with E-state index in [0.717, 1.165) is 12.1 Å². The molecule has 1 heterocycles. The number of hydrogen-bond donors (Lipinski definition) is 0. The standard InChI is InChI=1S/C14H14F3NO3S/c1-9(10-3-5-11(6-4-10)14(15,16)17)22(19)8-12-7-13(20-2)18-21-12/h3-7,9H,8H2,1-2H3. The second-order valence-corrected chi connectivity index (χ2v) is 6.38. The first-order valence-electron chi connectivity index (χ1n) is 6.35. The van der Waals surface area contributed by atoms with E-state index in [2.05, 4.69) is 5.16 Å². The minimum Gasteiger partial charge on any atom is -0.479 e. The molecule has 0 spiro atoms. The maximum atomic E-state index is 12.5. The van der Waals surface area contributed by atoms with Gasteiger partial charge in [0.1, 0.15) is 0 Å². The monoisotopic (exact) mass is 333 g/mol. The van der Waals surface area contributed by atoms with Crippen LogP contribution in [0.1, 0.15) is 29.1 Å². The number of benzene rings is 1. The molecule has 0 aliphatic carbocycles. The topological polar surface area (TPSA) is 52.3 Å². The van der Waals surface area contributed by atoms with E-state index in [4.69, 9.17) is 9.26 Å². The van der Waals surface area contributed by atoms with Crippen LogP contribution in [0.5, 0.6) is 5.88 Å². The van der Waals surface area contributed by atoms with Gasteiger partial charge in [-0.2, -0.15) is 13.2 Å². The maximum Gasteiger partial charge on any atom is 0.416 e. The van der Waals surface area contributed by atoms with Crippen LogP contribution in [0.25, 0.3) is 0 Å². The van der Waals surface area contributed by atoms with Crippen LogP contribution in [0.15, 0.2) is 34.9 Å². The summed E-state index contributed by atoms with van der Waals surface area (Å²) in [5, 5.41) is 3.17. The molecule has 0 bridgehead atoms. The molecule has 0 aliphatic rings. The first-order chi connectivity index (χ1) is 10.3. The van der Waals surface area contributed by atoms with Crippen molar-refractivity contribution in [3.63, 3.8) is 0 Å². The minimum atomic E-state index is -4.38. The Kier molecular flexibility index (Phi) is 4.90. The Morgan fingerprint density at radius 2 is 1.95 bits per heavy atom. The molecule has 8 heteroatoms. The molecular weight excluding hydrogens is 319 g/mol. The van der Waals surface area contributed by atoms with Crippen LogP contribution < -0.4 is 4.74 Å². The number of hydrogen-bond acceptors (Lipinski definition) is 4. The highest BCUT2D eigenvalue weighted by Gasteiger charge is 2.30. The van der Waals surface area contributed by atoms with Gasteiger partial charge in [-0.3, -0.25) is 4.21 Å². The number of alkyl halides is 3. The molecule has 0 saturated carbocycles. The SMILES string of the molecule is COc1cc(CS(=O)C(C)c2ccc(C(F)(F)F)cc2)on1. The molecule has 0 radical (unpaired) electrons. The quantitative estimate of drug-likeness (QED) is 0.837. The van der Waals surface area contributed by atoms with Gasteiger partial charge in [-0.25, -0.2) is 0 Å². The van der Waals surface area contributed by atoms with Crippen molar-refractivity contribution in [3.05, 3.63) is 47.2 Å². The average Bonchev–Trinajstić information content (AvgIpc) is 2.93. The zero-order valence-corrected chi connectivity index (χ0v) is 12.7. The highest BCUT2D eigenvalue weighted by atomic mass is 32.2. The Morgan fingerprint density at radius 3 is 2.45 bits per heavy atom. The fourth-order valence-corrected chi connectivity index (χ4v) is 2.95. The van der Waals surface area contributed by atoms with Crippen LogP contribution in [0.4, 0.5) is 13.2 Å². The molecule has 120 valence electrons. The lowest BCUT2D eigenvalue weighted by atomic mass is 10.1. The number of ether oxygens (including phenoxy) is 1. The number of halogens is 3. The van der Waals surface area contributed by atoms with Crippen molar-refractivity contribution in [2.45, 2.75) is 24.1 Å². The summed E-state index contributed by atoms with van der Waals surface area (Å²) in [5.74, 6) is 0.793. The third-order valence-corrected chi connectivity index (χ3v) is 4.76. The third-order valence-electron chi connectivity index (χ3n) is 3.13. The van der Waals surface area contributed by atoms with E-state index in [9.17, 15) is 17.4 Å². The van der Waals surface area contributed by atoms with Crippen molar-refractivity contribution in [1.82, 2.24) is 5.16 Å². The lowest BCUT2D eigenvalue weighted by Gasteiger charge is -2.12. The Hall–Kier alpha value is -1.83. The number of aromatic nitrogens is 1. The van der Waals surface area contributed by atoms with E-state index in [1.807, 2.05) is 0 Å². The first-order valence-corrected chi connectivity index (χ1v) is 7.73. The summed E-state index contributed by atoms with van der Waals surface area (Å²) in [6.07, 6.45) is -4.38. The van der Waals surface area contributed by atoms with Gasteiger partial charge in [0.25, 0.3) is 5.88 Å².